The number of anilines is 1. The van der Waals surface area contributed by atoms with Crippen LogP contribution in [0.5, 0.6) is 11.6 Å². The third kappa shape index (κ3) is 6.05. The lowest BCUT2D eigenvalue weighted by Crippen LogP contribution is -2.51. The van der Waals surface area contributed by atoms with E-state index in [1.807, 2.05) is 18.0 Å². The monoisotopic (exact) mass is 552 g/mol. The number of pyridine rings is 2. The number of benzene rings is 1. The summed E-state index contributed by atoms with van der Waals surface area (Å²) in [7, 11) is 3.45. The average molecular weight is 553 g/mol. The first-order chi connectivity index (χ1) is 19.9. The molecule has 1 aromatic carbocycles. The van der Waals surface area contributed by atoms with Crippen LogP contribution in [0.25, 0.3) is 22.3 Å². The molecule has 5 rings (SSSR count). The number of carbonyl (C=O) groups is 2. The zero-order chi connectivity index (χ0) is 28.9. The van der Waals surface area contributed by atoms with Crippen LogP contribution in [0.3, 0.4) is 0 Å². The molecule has 1 N–H and O–H groups in total. The summed E-state index contributed by atoms with van der Waals surface area (Å²) in [6, 6.07) is 12.8. The Morgan fingerprint density at radius 3 is 2.51 bits per heavy atom. The number of hydrogen-bond acceptors (Lipinski definition) is 11. The second-order valence-corrected chi connectivity index (χ2v) is 9.59. The Hall–Kier alpha value is -5.15. The highest BCUT2D eigenvalue weighted by Gasteiger charge is 2.25. The van der Waals surface area contributed by atoms with Crippen LogP contribution in [0.1, 0.15) is 22.8 Å². The van der Waals surface area contributed by atoms with Crippen LogP contribution in [0, 0.1) is 11.3 Å². The number of esters is 1. The number of nitrogens with zero attached hydrogens (tertiary/aromatic N) is 7. The summed E-state index contributed by atoms with van der Waals surface area (Å²) in [5.74, 6) is 0.108. The molecule has 0 unspecified atom stereocenters. The molecule has 208 valence electrons. The number of piperazine rings is 1. The number of amides is 1. The lowest BCUT2D eigenvalue weighted by molar-refractivity contribution is -0.133. The van der Waals surface area contributed by atoms with Gasteiger partial charge in [0.25, 0.3) is 0 Å². The van der Waals surface area contributed by atoms with Crippen molar-refractivity contribution in [3.63, 3.8) is 0 Å². The van der Waals surface area contributed by atoms with Crippen LogP contribution < -0.4 is 14.8 Å². The largest absolute Gasteiger partial charge is 0.480 e. The maximum Gasteiger partial charge on any atom is 0.349 e. The topological polar surface area (TPSA) is 146 Å². The van der Waals surface area contributed by atoms with E-state index in [0.717, 1.165) is 13.1 Å². The van der Waals surface area contributed by atoms with Crippen molar-refractivity contribution in [2.45, 2.75) is 13.0 Å². The van der Waals surface area contributed by atoms with Gasteiger partial charge in [-0.05, 0) is 56.4 Å². The van der Waals surface area contributed by atoms with Gasteiger partial charge in [0, 0.05) is 37.9 Å². The van der Waals surface area contributed by atoms with Crippen molar-refractivity contribution < 1.29 is 19.1 Å². The maximum atomic E-state index is 13.1. The second-order valence-electron chi connectivity index (χ2n) is 9.59. The van der Waals surface area contributed by atoms with Crippen molar-refractivity contribution in [2.75, 3.05) is 45.7 Å². The molecule has 12 heteroatoms. The number of likely N-dealkylation sites (N-methyl/N-ethyl adjacent to an activating group) is 1. The van der Waals surface area contributed by atoms with E-state index in [1.165, 1.54) is 25.6 Å². The van der Waals surface area contributed by atoms with Gasteiger partial charge in [0.1, 0.15) is 29.2 Å². The average Bonchev–Trinajstić information content (AvgIpc) is 3.01. The zero-order valence-corrected chi connectivity index (χ0v) is 22.9. The normalized spacial score (nSPS) is 14.2. The van der Waals surface area contributed by atoms with Crippen molar-refractivity contribution in [3.05, 3.63) is 66.1 Å². The zero-order valence-electron chi connectivity index (χ0n) is 22.9. The summed E-state index contributed by atoms with van der Waals surface area (Å²) >= 11 is 0. The van der Waals surface area contributed by atoms with E-state index in [4.69, 9.17) is 19.7 Å². The summed E-state index contributed by atoms with van der Waals surface area (Å²) in [5.41, 5.74) is 2.66. The molecule has 1 aliphatic heterocycles. The van der Waals surface area contributed by atoms with Crippen LogP contribution in [-0.4, -0.2) is 88.0 Å². The first-order valence-electron chi connectivity index (χ1n) is 13.0. The molecule has 0 spiro atoms. The molecule has 4 aromatic rings. The Kier molecular flexibility index (Phi) is 7.98. The Labute approximate surface area is 236 Å². The minimum atomic E-state index is -0.677. The number of aromatic nitrogens is 4. The number of methoxy groups -OCH3 is 1. The first kappa shape index (κ1) is 27.4. The molecule has 1 fully saturated rings. The molecule has 1 saturated heterocycles. The molecule has 1 atom stereocenters. The minimum absolute atomic E-state index is 0.00853. The van der Waals surface area contributed by atoms with Gasteiger partial charge in [0.05, 0.1) is 30.0 Å². The van der Waals surface area contributed by atoms with E-state index >= 15 is 0 Å². The molecule has 41 heavy (non-hydrogen) atoms. The highest BCUT2D eigenvalue weighted by molar-refractivity contribution is 5.95. The number of hydrogen-bond donors (Lipinski definition) is 1. The van der Waals surface area contributed by atoms with Gasteiger partial charge in [0.15, 0.2) is 5.82 Å². The van der Waals surface area contributed by atoms with E-state index in [9.17, 15) is 9.59 Å². The highest BCUT2D eigenvalue weighted by atomic mass is 16.5. The molecule has 1 aliphatic rings. The molecule has 0 aliphatic carbocycles. The summed E-state index contributed by atoms with van der Waals surface area (Å²) < 4.78 is 10.8. The van der Waals surface area contributed by atoms with Gasteiger partial charge in [-0.25, -0.2) is 24.7 Å². The third-order valence-corrected chi connectivity index (χ3v) is 6.77. The second kappa shape index (κ2) is 11.9. The van der Waals surface area contributed by atoms with Gasteiger partial charge >= 0.3 is 5.97 Å². The van der Waals surface area contributed by atoms with Crippen LogP contribution in [-0.2, 0) is 4.79 Å². The number of nitriles is 1. The fourth-order valence-electron chi connectivity index (χ4n) is 4.43. The number of rotatable bonds is 7. The van der Waals surface area contributed by atoms with Crippen molar-refractivity contribution in [1.29, 1.82) is 5.26 Å². The lowest BCUT2D eigenvalue weighted by atomic mass is 10.1. The van der Waals surface area contributed by atoms with Crippen LogP contribution in [0.15, 0.2) is 55.0 Å². The first-order valence-corrected chi connectivity index (χ1v) is 13.0. The number of carbonyl (C=O) groups excluding carboxylic acids is 2. The van der Waals surface area contributed by atoms with E-state index in [2.05, 4.69) is 25.2 Å². The van der Waals surface area contributed by atoms with Gasteiger partial charge < -0.3 is 24.6 Å². The fourth-order valence-corrected chi connectivity index (χ4v) is 4.43. The van der Waals surface area contributed by atoms with Crippen molar-refractivity contribution in [1.82, 2.24) is 29.7 Å². The van der Waals surface area contributed by atoms with Crippen molar-refractivity contribution >= 4 is 28.7 Å². The number of nitrogens with one attached hydrogen (secondary N) is 1. The summed E-state index contributed by atoms with van der Waals surface area (Å²) in [4.78, 5) is 47.9. The quantitative estimate of drug-likeness (QED) is 0.267. The molecule has 12 nitrogen and oxygen atoms in total. The molecular formula is C29H28N8O4. The molecule has 0 saturated carbocycles. The Morgan fingerprint density at radius 1 is 1.05 bits per heavy atom. The Balaban J connectivity index is 1.41. The molecule has 1 amide bonds. The van der Waals surface area contributed by atoms with Gasteiger partial charge in [-0.1, -0.05) is 0 Å². The van der Waals surface area contributed by atoms with Gasteiger partial charge in [-0.15, -0.1) is 0 Å². The molecular weight excluding hydrogens is 524 g/mol. The Bertz CT molecular complexity index is 1630. The molecule has 0 bridgehead atoms. The molecule has 0 radical (unpaired) electrons. The van der Waals surface area contributed by atoms with E-state index < -0.39 is 12.0 Å². The van der Waals surface area contributed by atoms with Crippen LogP contribution in [0.2, 0.25) is 0 Å². The summed E-state index contributed by atoms with van der Waals surface area (Å²) in [6.45, 7) is 4.82. The fraction of sp³-hybridized carbons (Fsp3) is 0.276. The van der Waals surface area contributed by atoms with Crippen molar-refractivity contribution in [3.8, 4) is 29.0 Å². The maximum absolute atomic E-state index is 13.1. The standard InChI is InChI=1S/C29H28N8O4/c1-18(28(38)37-12-10-36(2)11-13-37)34-26-25-24(32-17-33-26)9-8-23(35-25)20-14-22(27(40-3)31-16-20)29(39)41-21-6-4-19(15-30)5-7-21/h4-9,14,16-18H,10-13H2,1-3H3,(H,32,33,34)/t18-/m0/s1. The van der Waals surface area contributed by atoms with Crippen molar-refractivity contribution in [2.24, 2.45) is 0 Å². The SMILES string of the molecule is COc1ncc(-c2ccc3ncnc(N[C@@H](C)C(=O)N4CCN(C)CC4)c3n2)cc1C(=O)Oc1ccc(C#N)cc1. The smallest absolute Gasteiger partial charge is 0.349 e. The van der Waals surface area contributed by atoms with Gasteiger partial charge in [0.2, 0.25) is 11.8 Å². The van der Waals surface area contributed by atoms with Gasteiger partial charge in [-0.3, -0.25) is 4.79 Å². The minimum Gasteiger partial charge on any atom is -0.480 e. The predicted octanol–water partition coefficient (Wildman–Crippen LogP) is 2.76. The van der Waals surface area contributed by atoms with E-state index in [1.54, 1.807) is 43.5 Å². The van der Waals surface area contributed by atoms with E-state index in [-0.39, 0.29) is 23.1 Å². The number of ether oxygens (including phenoxy) is 2. The van der Waals surface area contributed by atoms with Crippen LogP contribution in [0.4, 0.5) is 5.82 Å². The third-order valence-electron chi connectivity index (χ3n) is 6.77. The van der Waals surface area contributed by atoms with Gasteiger partial charge in [-0.2, -0.15) is 5.26 Å². The van der Waals surface area contributed by atoms with E-state index in [0.29, 0.717) is 46.8 Å². The lowest BCUT2D eigenvalue weighted by Gasteiger charge is -2.34. The highest BCUT2D eigenvalue weighted by Crippen LogP contribution is 2.27. The van der Waals surface area contributed by atoms with Crippen LogP contribution >= 0.6 is 0 Å². The summed E-state index contributed by atoms with van der Waals surface area (Å²) in [5, 5.41) is 12.2. The molecule has 3 aromatic heterocycles. The molecule has 4 heterocycles. The summed E-state index contributed by atoms with van der Waals surface area (Å²) in [6.07, 6.45) is 2.97. The predicted molar refractivity (Wildman–Crippen MR) is 150 cm³/mol. The Morgan fingerprint density at radius 2 is 1.80 bits per heavy atom. The number of fused-ring (bicyclic) bond motifs is 1.